The summed E-state index contributed by atoms with van der Waals surface area (Å²) in [6.45, 7) is 7.08. The van der Waals surface area contributed by atoms with Crippen LogP contribution in [-0.2, 0) is 14.3 Å². The molecule has 0 spiro atoms. The maximum Gasteiger partial charge on any atom is 0.305 e. The summed E-state index contributed by atoms with van der Waals surface area (Å²) in [6.07, 6.45) is 19.7. The highest BCUT2D eigenvalue weighted by atomic mass is 16.5. The van der Waals surface area contributed by atoms with Crippen LogP contribution < -0.4 is 0 Å². The summed E-state index contributed by atoms with van der Waals surface area (Å²) >= 11 is 0. The van der Waals surface area contributed by atoms with E-state index in [4.69, 9.17) is 9.84 Å². The lowest BCUT2D eigenvalue weighted by molar-refractivity contribution is -0.145. The zero-order chi connectivity index (χ0) is 22.5. The highest BCUT2D eigenvalue weighted by molar-refractivity contribution is 5.69. The van der Waals surface area contributed by atoms with Gasteiger partial charge in [-0.1, -0.05) is 104 Å². The lowest BCUT2D eigenvalue weighted by atomic mass is 9.95. The maximum absolute atomic E-state index is 11.9. The number of aliphatic carboxylic acids is 1. The van der Waals surface area contributed by atoms with E-state index in [1.165, 1.54) is 70.6 Å². The lowest BCUT2D eigenvalue weighted by Crippen LogP contribution is -2.13. The SMILES string of the molecule is CCCCC(CC)COC(=O)CCCCCCCCCCCCC(CC)CC(=O)O. The molecule has 0 radical (unpaired) electrons. The summed E-state index contributed by atoms with van der Waals surface area (Å²) in [6, 6.07) is 0. The molecule has 30 heavy (non-hydrogen) atoms. The Balaban J connectivity index is 3.41. The van der Waals surface area contributed by atoms with Crippen LogP contribution in [0.25, 0.3) is 0 Å². The topological polar surface area (TPSA) is 63.6 Å². The molecule has 0 aliphatic heterocycles. The highest BCUT2D eigenvalue weighted by Crippen LogP contribution is 2.19. The first kappa shape index (κ1) is 28.9. The Morgan fingerprint density at radius 3 is 1.70 bits per heavy atom. The summed E-state index contributed by atoms with van der Waals surface area (Å²) in [7, 11) is 0. The van der Waals surface area contributed by atoms with Crippen molar-refractivity contribution >= 4 is 11.9 Å². The first-order valence-corrected chi connectivity index (χ1v) is 12.9. The van der Waals surface area contributed by atoms with Crippen LogP contribution >= 0.6 is 0 Å². The van der Waals surface area contributed by atoms with Crippen molar-refractivity contribution in [3.05, 3.63) is 0 Å². The maximum atomic E-state index is 11.9. The third-order valence-corrected chi connectivity index (χ3v) is 6.31. The van der Waals surface area contributed by atoms with Gasteiger partial charge in [-0.2, -0.15) is 0 Å². The Morgan fingerprint density at radius 2 is 1.20 bits per heavy atom. The molecule has 0 fully saturated rings. The van der Waals surface area contributed by atoms with Gasteiger partial charge in [0, 0.05) is 12.8 Å². The molecule has 0 aromatic rings. The van der Waals surface area contributed by atoms with E-state index in [-0.39, 0.29) is 5.97 Å². The van der Waals surface area contributed by atoms with Gasteiger partial charge in [0.15, 0.2) is 0 Å². The number of esters is 1. The summed E-state index contributed by atoms with van der Waals surface area (Å²) < 4.78 is 5.46. The van der Waals surface area contributed by atoms with E-state index in [1.807, 2.05) is 0 Å². The average Bonchev–Trinajstić information content (AvgIpc) is 2.73. The van der Waals surface area contributed by atoms with E-state index < -0.39 is 5.97 Å². The van der Waals surface area contributed by atoms with Gasteiger partial charge < -0.3 is 9.84 Å². The molecule has 0 aliphatic rings. The van der Waals surface area contributed by atoms with Crippen molar-refractivity contribution in [2.45, 2.75) is 136 Å². The third kappa shape index (κ3) is 18.9. The van der Waals surface area contributed by atoms with Gasteiger partial charge in [-0.05, 0) is 31.1 Å². The van der Waals surface area contributed by atoms with Crippen molar-refractivity contribution in [1.82, 2.24) is 0 Å². The van der Waals surface area contributed by atoms with Gasteiger partial charge in [0.05, 0.1) is 6.61 Å². The number of ether oxygens (including phenoxy) is 1. The summed E-state index contributed by atoms with van der Waals surface area (Å²) in [5.74, 6) is 0.213. The number of carboxylic acids is 1. The van der Waals surface area contributed by atoms with Crippen molar-refractivity contribution in [2.75, 3.05) is 6.61 Å². The molecule has 0 aromatic carbocycles. The summed E-state index contributed by atoms with van der Waals surface area (Å²) in [5.41, 5.74) is 0. The number of rotatable bonds is 22. The van der Waals surface area contributed by atoms with Gasteiger partial charge >= 0.3 is 11.9 Å². The summed E-state index contributed by atoms with van der Waals surface area (Å²) in [5, 5.41) is 8.88. The third-order valence-electron chi connectivity index (χ3n) is 6.31. The largest absolute Gasteiger partial charge is 0.481 e. The molecule has 178 valence electrons. The molecule has 4 nitrogen and oxygen atoms in total. The Morgan fingerprint density at radius 1 is 0.700 bits per heavy atom. The van der Waals surface area contributed by atoms with Crippen LogP contribution in [0.4, 0.5) is 0 Å². The monoisotopic (exact) mass is 426 g/mol. The minimum atomic E-state index is -0.661. The van der Waals surface area contributed by atoms with Crippen molar-refractivity contribution < 1.29 is 19.4 Å². The Bertz CT molecular complexity index is 408. The number of unbranched alkanes of at least 4 members (excludes halogenated alkanes) is 10. The average molecular weight is 427 g/mol. The number of carbonyl (C=O) groups is 2. The number of hydrogen-bond donors (Lipinski definition) is 1. The first-order valence-electron chi connectivity index (χ1n) is 12.9. The molecular formula is C26H50O4. The molecular weight excluding hydrogens is 376 g/mol. The van der Waals surface area contributed by atoms with Crippen LogP contribution in [0.15, 0.2) is 0 Å². The standard InChI is InChI=1S/C26H50O4/c1-4-7-18-24(6-3)22-30-26(29)20-17-15-13-11-9-8-10-12-14-16-19-23(5-2)21-25(27)28/h23-24H,4-22H2,1-3H3,(H,27,28). The van der Waals surface area contributed by atoms with Gasteiger partial charge in [0.2, 0.25) is 0 Å². The number of carbonyl (C=O) groups excluding carboxylic acids is 1. The molecule has 0 aliphatic carbocycles. The molecule has 0 bridgehead atoms. The first-order chi connectivity index (χ1) is 14.5. The molecule has 2 atom stereocenters. The molecule has 0 amide bonds. The van der Waals surface area contributed by atoms with Crippen LogP contribution in [-0.4, -0.2) is 23.7 Å². The molecule has 1 N–H and O–H groups in total. The van der Waals surface area contributed by atoms with Crippen LogP contribution in [0.1, 0.15) is 136 Å². The van der Waals surface area contributed by atoms with Gasteiger partial charge in [0.25, 0.3) is 0 Å². The zero-order valence-corrected chi connectivity index (χ0v) is 20.3. The molecule has 4 heteroatoms. The highest BCUT2D eigenvalue weighted by Gasteiger charge is 2.11. The molecule has 0 rings (SSSR count). The van der Waals surface area contributed by atoms with E-state index in [9.17, 15) is 9.59 Å². The van der Waals surface area contributed by atoms with Gasteiger partial charge in [0.1, 0.15) is 0 Å². The van der Waals surface area contributed by atoms with E-state index in [0.717, 1.165) is 32.1 Å². The van der Waals surface area contributed by atoms with Crippen LogP contribution in [0.3, 0.4) is 0 Å². The quantitative estimate of drug-likeness (QED) is 0.141. The summed E-state index contributed by atoms with van der Waals surface area (Å²) in [4.78, 5) is 22.6. The van der Waals surface area contributed by atoms with Gasteiger partial charge in [-0.3, -0.25) is 9.59 Å². The number of hydrogen-bond acceptors (Lipinski definition) is 3. The molecule has 0 heterocycles. The molecule has 2 unspecified atom stereocenters. The second kappa shape index (κ2) is 21.2. The fraction of sp³-hybridized carbons (Fsp3) is 0.923. The minimum absolute atomic E-state index is 0.0152. The predicted molar refractivity (Wildman–Crippen MR) is 126 cm³/mol. The second-order valence-electron chi connectivity index (χ2n) is 9.05. The van der Waals surface area contributed by atoms with E-state index in [1.54, 1.807) is 0 Å². The van der Waals surface area contributed by atoms with Gasteiger partial charge in [-0.15, -0.1) is 0 Å². The molecule has 0 saturated carbocycles. The minimum Gasteiger partial charge on any atom is -0.481 e. The van der Waals surface area contributed by atoms with E-state index in [2.05, 4.69) is 20.8 Å². The van der Waals surface area contributed by atoms with E-state index in [0.29, 0.717) is 31.3 Å². The van der Waals surface area contributed by atoms with Crippen molar-refractivity contribution in [2.24, 2.45) is 11.8 Å². The van der Waals surface area contributed by atoms with E-state index >= 15 is 0 Å². The predicted octanol–water partition coefficient (Wildman–Crippen LogP) is 7.93. The lowest BCUT2D eigenvalue weighted by Gasteiger charge is -2.14. The van der Waals surface area contributed by atoms with Gasteiger partial charge in [-0.25, -0.2) is 0 Å². The van der Waals surface area contributed by atoms with Crippen molar-refractivity contribution in [3.63, 3.8) is 0 Å². The smallest absolute Gasteiger partial charge is 0.305 e. The second-order valence-corrected chi connectivity index (χ2v) is 9.05. The van der Waals surface area contributed by atoms with Crippen molar-refractivity contribution in [3.8, 4) is 0 Å². The van der Waals surface area contributed by atoms with Crippen LogP contribution in [0, 0.1) is 11.8 Å². The Hall–Kier alpha value is -1.06. The number of carboxylic acid groups (broad SMARTS) is 1. The Labute approximate surface area is 186 Å². The van der Waals surface area contributed by atoms with Crippen LogP contribution in [0.2, 0.25) is 0 Å². The normalized spacial score (nSPS) is 13.2. The molecule has 0 saturated heterocycles. The zero-order valence-electron chi connectivity index (χ0n) is 20.3. The Kier molecular flexibility index (Phi) is 20.4. The fourth-order valence-corrected chi connectivity index (χ4v) is 4.00. The fourth-order valence-electron chi connectivity index (χ4n) is 4.00. The van der Waals surface area contributed by atoms with Crippen LogP contribution in [0.5, 0.6) is 0 Å². The van der Waals surface area contributed by atoms with Crippen molar-refractivity contribution in [1.29, 1.82) is 0 Å². The molecule has 0 aromatic heterocycles.